The first-order valence-electron chi connectivity index (χ1n) is 11.0. The lowest BCUT2D eigenvalue weighted by atomic mass is 10.00. The molecule has 1 atom stereocenters. The van der Waals surface area contributed by atoms with Crippen molar-refractivity contribution in [2.45, 2.75) is 26.5 Å². The van der Waals surface area contributed by atoms with E-state index in [9.17, 15) is 4.79 Å². The SMILES string of the molecule is CN=C(NCc1cccc(NC(=O)CN(C)C)c1)N1CCOC(c2ccc(C)cc2C)C1. The Balaban J connectivity index is 1.61. The van der Waals surface area contributed by atoms with Gasteiger partial charge in [-0.05, 0) is 56.8 Å². The van der Waals surface area contributed by atoms with Gasteiger partial charge < -0.3 is 25.2 Å². The first-order chi connectivity index (χ1) is 15.4. The number of carbonyl (C=O) groups is 1. The van der Waals surface area contributed by atoms with Crippen LogP contribution in [0.25, 0.3) is 0 Å². The van der Waals surface area contributed by atoms with Gasteiger partial charge in [-0.15, -0.1) is 0 Å². The first kappa shape index (κ1) is 23.8. The minimum atomic E-state index is -0.0262. The van der Waals surface area contributed by atoms with Gasteiger partial charge in [-0.1, -0.05) is 35.9 Å². The number of amides is 1. The van der Waals surface area contributed by atoms with Crippen LogP contribution in [0, 0.1) is 13.8 Å². The normalized spacial score (nSPS) is 16.9. The number of benzene rings is 2. The number of nitrogens with zero attached hydrogens (tertiary/aromatic N) is 3. The molecule has 0 bridgehead atoms. The van der Waals surface area contributed by atoms with Gasteiger partial charge in [-0.25, -0.2) is 0 Å². The van der Waals surface area contributed by atoms with Gasteiger partial charge in [-0.2, -0.15) is 0 Å². The highest BCUT2D eigenvalue weighted by Gasteiger charge is 2.25. The van der Waals surface area contributed by atoms with Crippen molar-refractivity contribution in [3.05, 3.63) is 64.7 Å². The topological polar surface area (TPSA) is 69.2 Å². The summed E-state index contributed by atoms with van der Waals surface area (Å²) in [4.78, 5) is 20.6. The van der Waals surface area contributed by atoms with Crippen molar-refractivity contribution in [2.75, 3.05) is 52.7 Å². The molecule has 1 aliphatic heterocycles. The van der Waals surface area contributed by atoms with Gasteiger partial charge in [0.05, 0.1) is 19.7 Å². The zero-order valence-electron chi connectivity index (χ0n) is 19.8. The highest BCUT2D eigenvalue weighted by Crippen LogP contribution is 2.26. The van der Waals surface area contributed by atoms with Crippen LogP contribution in [0.5, 0.6) is 0 Å². The highest BCUT2D eigenvalue weighted by molar-refractivity contribution is 5.92. The van der Waals surface area contributed by atoms with E-state index in [1.165, 1.54) is 16.7 Å². The van der Waals surface area contributed by atoms with E-state index in [1.54, 1.807) is 0 Å². The van der Waals surface area contributed by atoms with E-state index >= 15 is 0 Å². The number of guanidine groups is 1. The summed E-state index contributed by atoms with van der Waals surface area (Å²) in [7, 11) is 5.56. The van der Waals surface area contributed by atoms with Crippen LogP contribution in [-0.2, 0) is 16.1 Å². The average molecular weight is 438 g/mol. The minimum absolute atomic E-state index is 0.0261. The number of hydrogen-bond acceptors (Lipinski definition) is 4. The Labute approximate surface area is 191 Å². The van der Waals surface area contributed by atoms with E-state index in [0.29, 0.717) is 19.7 Å². The number of aliphatic imine (C=N–C) groups is 1. The molecule has 2 N–H and O–H groups in total. The maximum absolute atomic E-state index is 12.0. The number of aryl methyl sites for hydroxylation is 2. The van der Waals surface area contributed by atoms with Crippen molar-refractivity contribution >= 4 is 17.6 Å². The summed E-state index contributed by atoms with van der Waals surface area (Å²) in [5.41, 5.74) is 5.63. The fraction of sp³-hybridized carbons (Fsp3) is 0.440. The Morgan fingerprint density at radius 1 is 1.22 bits per heavy atom. The molecule has 0 aliphatic carbocycles. The highest BCUT2D eigenvalue weighted by atomic mass is 16.5. The predicted molar refractivity (Wildman–Crippen MR) is 130 cm³/mol. The van der Waals surface area contributed by atoms with Crippen molar-refractivity contribution in [1.82, 2.24) is 15.1 Å². The molecular weight excluding hydrogens is 402 g/mol. The zero-order valence-corrected chi connectivity index (χ0v) is 19.8. The third-order valence-corrected chi connectivity index (χ3v) is 5.47. The second-order valence-corrected chi connectivity index (χ2v) is 8.55. The van der Waals surface area contributed by atoms with E-state index in [-0.39, 0.29) is 12.0 Å². The number of nitrogens with one attached hydrogen (secondary N) is 2. The first-order valence-corrected chi connectivity index (χ1v) is 11.0. The van der Waals surface area contributed by atoms with Gasteiger partial charge in [0.2, 0.25) is 5.91 Å². The molecular formula is C25H35N5O2. The Hall–Kier alpha value is -2.90. The molecule has 2 aromatic carbocycles. The fourth-order valence-corrected chi connectivity index (χ4v) is 3.98. The lowest BCUT2D eigenvalue weighted by Crippen LogP contribution is -2.48. The van der Waals surface area contributed by atoms with Crippen LogP contribution in [0.1, 0.15) is 28.4 Å². The van der Waals surface area contributed by atoms with E-state index in [1.807, 2.05) is 50.3 Å². The molecule has 1 aliphatic rings. The van der Waals surface area contributed by atoms with Gasteiger partial charge >= 0.3 is 0 Å². The number of carbonyl (C=O) groups excluding carboxylic acids is 1. The summed E-state index contributed by atoms with van der Waals surface area (Å²) in [6, 6.07) is 14.4. The van der Waals surface area contributed by atoms with Crippen molar-refractivity contribution in [3.8, 4) is 0 Å². The Kier molecular flexibility index (Phi) is 8.25. The van der Waals surface area contributed by atoms with E-state index in [2.05, 4.69) is 52.6 Å². The van der Waals surface area contributed by atoms with Crippen LogP contribution < -0.4 is 10.6 Å². The molecule has 0 saturated carbocycles. The number of hydrogen-bond donors (Lipinski definition) is 2. The predicted octanol–water partition coefficient (Wildman–Crippen LogP) is 2.95. The maximum atomic E-state index is 12.0. The summed E-state index contributed by atoms with van der Waals surface area (Å²) >= 11 is 0. The molecule has 1 unspecified atom stereocenters. The molecule has 7 heteroatoms. The quantitative estimate of drug-likeness (QED) is 0.537. The lowest BCUT2D eigenvalue weighted by Gasteiger charge is -2.36. The lowest BCUT2D eigenvalue weighted by molar-refractivity contribution is -0.116. The molecule has 32 heavy (non-hydrogen) atoms. The van der Waals surface area contributed by atoms with Crippen molar-refractivity contribution in [3.63, 3.8) is 0 Å². The van der Waals surface area contributed by atoms with Crippen LogP contribution in [-0.4, -0.2) is 69.1 Å². The van der Waals surface area contributed by atoms with Crippen molar-refractivity contribution < 1.29 is 9.53 Å². The molecule has 0 radical (unpaired) electrons. The van der Waals surface area contributed by atoms with Crippen LogP contribution in [0.15, 0.2) is 47.5 Å². The number of morpholine rings is 1. The van der Waals surface area contributed by atoms with E-state index in [0.717, 1.165) is 30.3 Å². The second-order valence-electron chi connectivity index (χ2n) is 8.55. The molecule has 1 fully saturated rings. The standard InChI is InChI=1S/C25H35N5O2/c1-18-9-10-22(19(2)13-18)23-16-30(11-12-32-23)25(26-3)27-15-20-7-6-8-21(14-20)28-24(31)17-29(4)5/h6-10,13-14,23H,11-12,15-17H2,1-5H3,(H,26,27)(H,28,31). The third-order valence-electron chi connectivity index (χ3n) is 5.47. The molecule has 0 aromatic heterocycles. The molecule has 1 amide bonds. The number of likely N-dealkylation sites (N-methyl/N-ethyl adjacent to an activating group) is 1. The third kappa shape index (κ3) is 6.55. The molecule has 2 aromatic rings. The summed E-state index contributed by atoms with van der Waals surface area (Å²) in [6.45, 7) is 7.43. The van der Waals surface area contributed by atoms with Gasteiger partial charge in [0.15, 0.2) is 5.96 Å². The van der Waals surface area contributed by atoms with Gasteiger partial charge in [-0.3, -0.25) is 9.79 Å². The van der Waals surface area contributed by atoms with Gasteiger partial charge in [0.1, 0.15) is 6.10 Å². The van der Waals surface area contributed by atoms with Crippen molar-refractivity contribution in [1.29, 1.82) is 0 Å². The van der Waals surface area contributed by atoms with Gasteiger partial charge in [0, 0.05) is 25.8 Å². The number of ether oxygens (including phenoxy) is 1. The Bertz CT molecular complexity index is 957. The monoisotopic (exact) mass is 437 g/mol. The molecule has 3 rings (SSSR count). The summed E-state index contributed by atoms with van der Waals surface area (Å²) in [5.74, 6) is 0.826. The summed E-state index contributed by atoms with van der Waals surface area (Å²) in [5, 5.41) is 6.41. The largest absolute Gasteiger partial charge is 0.370 e. The van der Waals surface area contributed by atoms with Crippen LogP contribution >= 0.6 is 0 Å². The number of anilines is 1. The molecule has 7 nitrogen and oxygen atoms in total. The summed E-state index contributed by atoms with van der Waals surface area (Å²) in [6.07, 6.45) is 0.0261. The molecule has 172 valence electrons. The van der Waals surface area contributed by atoms with Gasteiger partial charge in [0.25, 0.3) is 0 Å². The average Bonchev–Trinajstić information content (AvgIpc) is 2.74. The Morgan fingerprint density at radius 2 is 2.03 bits per heavy atom. The minimum Gasteiger partial charge on any atom is -0.370 e. The smallest absolute Gasteiger partial charge is 0.238 e. The Morgan fingerprint density at radius 3 is 2.75 bits per heavy atom. The maximum Gasteiger partial charge on any atom is 0.238 e. The molecule has 0 spiro atoms. The van der Waals surface area contributed by atoms with Crippen LogP contribution in [0.3, 0.4) is 0 Å². The van der Waals surface area contributed by atoms with Crippen LogP contribution in [0.4, 0.5) is 5.69 Å². The number of rotatable bonds is 6. The zero-order chi connectivity index (χ0) is 23.1. The molecule has 1 saturated heterocycles. The van der Waals surface area contributed by atoms with Crippen LogP contribution in [0.2, 0.25) is 0 Å². The van der Waals surface area contributed by atoms with Crippen molar-refractivity contribution in [2.24, 2.45) is 4.99 Å². The second kappa shape index (κ2) is 11.1. The molecule has 1 heterocycles. The summed E-state index contributed by atoms with van der Waals surface area (Å²) < 4.78 is 6.08. The van der Waals surface area contributed by atoms with E-state index < -0.39 is 0 Å². The fourth-order valence-electron chi connectivity index (χ4n) is 3.98. The van der Waals surface area contributed by atoms with E-state index in [4.69, 9.17) is 4.74 Å².